The van der Waals surface area contributed by atoms with Crippen molar-refractivity contribution >= 4 is 5.69 Å². The van der Waals surface area contributed by atoms with Gasteiger partial charge in [0.15, 0.2) is 0 Å². The predicted octanol–water partition coefficient (Wildman–Crippen LogP) is 3.91. The van der Waals surface area contributed by atoms with Crippen LogP contribution in [0.25, 0.3) is 0 Å². The minimum atomic E-state index is -0.183. The third-order valence-electron chi connectivity index (χ3n) is 3.78. The Balaban J connectivity index is 2.13. The van der Waals surface area contributed by atoms with E-state index >= 15 is 0 Å². The molecule has 106 valence electrons. The van der Waals surface area contributed by atoms with Crippen LogP contribution in [0.15, 0.2) is 42.5 Å². The number of nitrogen functional groups attached to an aromatic ring is 1. The van der Waals surface area contributed by atoms with Crippen LogP contribution in [0.1, 0.15) is 29.7 Å². The maximum Gasteiger partial charge on any atom is 0.123 e. The highest BCUT2D eigenvalue weighted by molar-refractivity contribution is 5.41. The van der Waals surface area contributed by atoms with Gasteiger partial charge in [-0.2, -0.15) is 0 Å². The molecular formula is C17H21FN2. The number of hydrogen-bond acceptors (Lipinski definition) is 2. The molecule has 0 amide bonds. The Morgan fingerprint density at radius 3 is 2.60 bits per heavy atom. The van der Waals surface area contributed by atoms with E-state index in [1.165, 1.54) is 11.6 Å². The second kappa shape index (κ2) is 6.06. The van der Waals surface area contributed by atoms with Crippen LogP contribution in [0.4, 0.5) is 10.1 Å². The van der Waals surface area contributed by atoms with Gasteiger partial charge in [-0.05, 0) is 61.9 Å². The van der Waals surface area contributed by atoms with Gasteiger partial charge in [0.05, 0.1) is 0 Å². The number of nitrogens with two attached hydrogens (primary N) is 1. The predicted molar refractivity (Wildman–Crippen MR) is 81.9 cm³/mol. The highest BCUT2D eigenvalue weighted by Gasteiger charge is 2.13. The van der Waals surface area contributed by atoms with Crippen molar-refractivity contribution in [1.29, 1.82) is 0 Å². The standard InChI is InChI=1S/C17H21FN2/c1-12-9-16(18)8-7-15(12)11-20(3)13(2)14-5-4-6-17(19)10-14/h4-10,13H,11,19H2,1-3H3. The fourth-order valence-electron chi connectivity index (χ4n) is 2.32. The molecule has 0 radical (unpaired) electrons. The van der Waals surface area contributed by atoms with E-state index in [0.717, 1.165) is 23.4 Å². The van der Waals surface area contributed by atoms with E-state index in [2.05, 4.69) is 24.9 Å². The third-order valence-corrected chi connectivity index (χ3v) is 3.78. The molecule has 0 aliphatic heterocycles. The van der Waals surface area contributed by atoms with E-state index in [1.807, 2.05) is 31.2 Å². The van der Waals surface area contributed by atoms with Gasteiger partial charge < -0.3 is 5.73 Å². The van der Waals surface area contributed by atoms with Crippen molar-refractivity contribution in [1.82, 2.24) is 4.90 Å². The molecule has 0 spiro atoms. The first-order valence-electron chi connectivity index (χ1n) is 6.78. The lowest BCUT2D eigenvalue weighted by Gasteiger charge is -2.26. The number of hydrogen-bond donors (Lipinski definition) is 1. The van der Waals surface area contributed by atoms with Gasteiger partial charge in [-0.3, -0.25) is 4.90 Å². The molecule has 0 aliphatic carbocycles. The number of benzene rings is 2. The quantitative estimate of drug-likeness (QED) is 0.855. The molecule has 1 unspecified atom stereocenters. The highest BCUT2D eigenvalue weighted by atomic mass is 19.1. The summed E-state index contributed by atoms with van der Waals surface area (Å²) in [6, 6.07) is 13.1. The summed E-state index contributed by atoms with van der Waals surface area (Å²) in [7, 11) is 2.07. The monoisotopic (exact) mass is 272 g/mol. The fraction of sp³-hybridized carbons (Fsp3) is 0.294. The summed E-state index contributed by atoms with van der Waals surface area (Å²) in [6.07, 6.45) is 0. The first-order chi connectivity index (χ1) is 9.47. The van der Waals surface area contributed by atoms with Crippen LogP contribution in [-0.2, 0) is 6.54 Å². The van der Waals surface area contributed by atoms with E-state index < -0.39 is 0 Å². The van der Waals surface area contributed by atoms with Crippen molar-refractivity contribution < 1.29 is 4.39 Å². The molecule has 0 fully saturated rings. The molecule has 0 saturated heterocycles. The number of nitrogens with zero attached hydrogens (tertiary/aromatic N) is 1. The van der Waals surface area contributed by atoms with Gasteiger partial charge in [0, 0.05) is 18.3 Å². The van der Waals surface area contributed by atoms with Crippen LogP contribution in [0.3, 0.4) is 0 Å². The Bertz CT molecular complexity index is 595. The van der Waals surface area contributed by atoms with E-state index in [9.17, 15) is 4.39 Å². The lowest BCUT2D eigenvalue weighted by Crippen LogP contribution is -2.22. The van der Waals surface area contributed by atoms with Gasteiger partial charge >= 0.3 is 0 Å². The summed E-state index contributed by atoms with van der Waals surface area (Å²) in [5.74, 6) is -0.183. The lowest BCUT2D eigenvalue weighted by molar-refractivity contribution is 0.252. The molecule has 2 rings (SSSR count). The lowest BCUT2D eigenvalue weighted by atomic mass is 10.0. The zero-order valence-corrected chi connectivity index (χ0v) is 12.2. The van der Waals surface area contributed by atoms with E-state index in [1.54, 1.807) is 6.07 Å². The maximum atomic E-state index is 13.1. The van der Waals surface area contributed by atoms with Crippen LogP contribution in [0.2, 0.25) is 0 Å². The van der Waals surface area contributed by atoms with Crippen LogP contribution in [0.5, 0.6) is 0 Å². The second-order valence-corrected chi connectivity index (χ2v) is 5.33. The molecule has 2 nitrogen and oxygen atoms in total. The largest absolute Gasteiger partial charge is 0.399 e. The Hall–Kier alpha value is -1.87. The summed E-state index contributed by atoms with van der Waals surface area (Å²) < 4.78 is 13.1. The molecule has 0 saturated carbocycles. The van der Waals surface area contributed by atoms with Crippen molar-refractivity contribution in [3.8, 4) is 0 Å². The zero-order valence-electron chi connectivity index (χ0n) is 12.2. The molecule has 0 heterocycles. The van der Waals surface area contributed by atoms with Gasteiger partial charge in [0.2, 0.25) is 0 Å². The molecule has 0 bridgehead atoms. The molecule has 2 aromatic carbocycles. The number of aryl methyl sites for hydroxylation is 1. The Kier molecular flexibility index (Phi) is 4.40. The molecule has 3 heteroatoms. The fourth-order valence-corrected chi connectivity index (χ4v) is 2.32. The summed E-state index contributed by atoms with van der Waals surface area (Å²) >= 11 is 0. The topological polar surface area (TPSA) is 29.3 Å². The molecule has 2 N–H and O–H groups in total. The number of anilines is 1. The van der Waals surface area contributed by atoms with Crippen molar-refractivity contribution in [3.63, 3.8) is 0 Å². The first-order valence-corrected chi connectivity index (χ1v) is 6.78. The molecule has 0 aliphatic rings. The van der Waals surface area contributed by atoms with Gasteiger partial charge in [-0.15, -0.1) is 0 Å². The minimum Gasteiger partial charge on any atom is -0.399 e. The van der Waals surface area contributed by atoms with Crippen molar-refractivity contribution in [2.24, 2.45) is 0 Å². The SMILES string of the molecule is Cc1cc(F)ccc1CN(C)C(C)c1cccc(N)c1. The van der Waals surface area contributed by atoms with Gasteiger partial charge in [-0.1, -0.05) is 18.2 Å². The van der Waals surface area contributed by atoms with E-state index in [4.69, 9.17) is 5.73 Å². The van der Waals surface area contributed by atoms with Crippen LogP contribution in [-0.4, -0.2) is 11.9 Å². The third kappa shape index (κ3) is 3.36. The highest BCUT2D eigenvalue weighted by Crippen LogP contribution is 2.23. The van der Waals surface area contributed by atoms with Crippen molar-refractivity contribution in [3.05, 3.63) is 65.0 Å². The smallest absolute Gasteiger partial charge is 0.123 e. The Morgan fingerprint density at radius 2 is 1.95 bits per heavy atom. The Labute approximate surface area is 120 Å². The first kappa shape index (κ1) is 14.5. The summed E-state index contributed by atoms with van der Waals surface area (Å²) in [6.45, 7) is 4.87. The number of halogens is 1. The van der Waals surface area contributed by atoms with Crippen LogP contribution in [0, 0.1) is 12.7 Å². The Morgan fingerprint density at radius 1 is 1.20 bits per heavy atom. The molecule has 1 atom stereocenters. The van der Waals surface area contributed by atoms with E-state index in [-0.39, 0.29) is 11.9 Å². The van der Waals surface area contributed by atoms with Crippen LogP contribution < -0.4 is 5.73 Å². The molecule has 20 heavy (non-hydrogen) atoms. The number of rotatable bonds is 4. The zero-order chi connectivity index (χ0) is 14.7. The average Bonchev–Trinajstić information content (AvgIpc) is 2.41. The normalized spacial score (nSPS) is 12.7. The van der Waals surface area contributed by atoms with Crippen molar-refractivity contribution in [2.45, 2.75) is 26.4 Å². The van der Waals surface area contributed by atoms with Gasteiger partial charge in [-0.25, -0.2) is 4.39 Å². The van der Waals surface area contributed by atoms with Gasteiger partial charge in [0.25, 0.3) is 0 Å². The minimum absolute atomic E-state index is 0.183. The molecule has 0 aromatic heterocycles. The molecule has 2 aromatic rings. The average molecular weight is 272 g/mol. The van der Waals surface area contributed by atoms with E-state index in [0.29, 0.717) is 0 Å². The maximum absolute atomic E-state index is 13.1. The summed E-state index contributed by atoms with van der Waals surface area (Å²) in [5, 5.41) is 0. The molecular weight excluding hydrogens is 251 g/mol. The van der Waals surface area contributed by atoms with Crippen LogP contribution >= 0.6 is 0 Å². The summed E-state index contributed by atoms with van der Waals surface area (Å²) in [5.41, 5.74) is 9.92. The van der Waals surface area contributed by atoms with Gasteiger partial charge in [0.1, 0.15) is 5.82 Å². The second-order valence-electron chi connectivity index (χ2n) is 5.33. The van der Waals surface area contributed by atoms with Crippen molar-refractivity contribution in [2.75, 3.05) is 12.8 Å². The summed E-state index contributed by atoms with van der Waals surface area (Å²) in [4.78, 5) is 2.23.